The molecular weight excluding hydrogens is 338 g/mol. The molecule has 0 aliphatic carbocycles. The van der Waals surface area contributed by atoms with Crippen molar-refractivity contribution < 1.29 is 9.53 Å². The molecule has 0 fully saturated rings. The number of benzene rings is 2. The van der Waals surface area contributed by atoms with Gasteiger partial charge in [-0.15, -0.1) is 0 Å². The molecule has 0 aliphatic rings. The Morgan fingerprint density at radius 3 is 2.48 bits per heavy atom. The van der Waals surface area contributed by atoms with E-state index < -0.39 is 5.97 Å². The maximum Gasteiger partial charge on any atom is 0.357 e. The third kappa shape index (κ3) is 3.19. The summed E-state index contributed by atoms with van der Waals surface area (Å²) in [6.45, 7) is 4.13. The molecule has 0 saturated carbocycles. The smallest absolute Gasteiger partial charge is 0.357 e. The SMILES string of the molecule is CCOC(=O)c1c(-c2ccccc2)cnc2cc(-c3ccc(C)cc3)nn12. The van der Waals surface area contributed by atoms with Crippen LogP contribution >= 0.6 is 0 Å². The summed E-state index contributed by atoms with van der Waals surface area (Å²) in [4.78, 5) is 17.2. The van der Waals surface area contributed by atoms with Crippen molar-refractivity contribution in [2.24, 2.45) is 0 Å². The molecule has 27 heavy (non-hydrogen) atoms. The zero-order valence-corrected chi connectivity index (χ0v) is 15.2. The number of aryl methyl sites for hydroxylation is 1. The summed E-state index contributed by atoms with van der Waals surface area (Å²) < 4.78 is 6.88. The van der Waals surface area contributed by atoms with E-state index in [-0.39, 0.29) is 0 Å². The number of carbonyl (C=O) groups is 1. The van der Waals surface area contributed by atoms with Crippen LogP contribution in [0.5, 0.6) is 0 Å². The minimum Gasteiger partial charge on any atom is -0.461 e. The van der Waals surface area contributed by atoms with Crippen molar-refractivity contribution in [2.75, 3.05) is 6.61 Å². The summed E-state index contributed by atoms with van der Waals surface area (Å²) >= 11 is 0. The summed E-state index contributed by atoms with van der Waals surface area (Å²) in [5, 5.41) is 4.66. The van der Waals surface area contributed by atoms with Gasteiger partial charge in [0.15, 0.2) is 11.3 Å². The molecule has 5 heteroatoms. The van der Waals surface area contributed by atoms with Gasteiger partial charge in [-0.2, -0.15) is 5.10 Å². The number of fused-ring (bicyclic) bond motifs is 1. The molecule has 134 valence electrons. The Hall–Kier alpha value is -3.47. The lowest BCUT2D eigenvalue weighted by atomic mass is 10.1. The lowest BCUT2D eigenvalue weighted by molar-refractivity contribution is 0.0517. The number of rotatable bonds is 4. The van der Waals surface area contributed by atoms with Gasteiger partial charge in [-0.25, -0.2) is 14.3 Å². The lowest BCUT2D eigenvalue weighted by Crippen LogP contribution is -2.13. The Morgan fingerprint density at radius 2 is 1.78 bits per heavy atom. The van der Waals surface area contributed by atoms with Crippen LogP contribution in [0.3, 0.4) is 0 Å². The quantitative estimate of drug-likeness (QED) is 0.503. The molecule has 0 radical (unpaired) electrons. The summed E-state index contributed by atoms with van der Waals surface area (Å²) in [5.41, 5.74) is 5.49. The van der Waals surface area contributed by atoms with Gasteiger partial charge in [-0.3, -0.25) is 0 Å². The second-order valence-electron chi connectivity index (χ2n) is 6.27. The van der Waals surface area contributed by atoms with E-state index in [4.69, 9.17) is 4.74 Å². The van der Waals surface area contributed by atoms with Crippen LogP contribution in [0.2, 0.25) is 0 Å². The van der Waals surface area contributed by atoms with Gasteiger partial charge in [0, 0.05) is 23.4 Å². The highest BCUT2D eigenvalue weighted by Crippen LogP contribution is 2.27. The average Bonchev–Trinajstić information content (AvgIpc) is 3.12. The van der Waals surface area contributed by atoms with Gasteiger partial charge in [-0.05, 0) is 19.4 Å². The molecule has 0 unspecified atom stereocenters. The Balaban J connectivity index is 1.93. The zero-order chi connectivity index (χ0) is 18.8. The molecule has 4 aromatic rings. The maximum absolute atomic E-state index is 12.7. The molecule has 0 saturated heterocycles. The molecule has 2 heterocycles. The van der Waals surface area contributed by atoms with Crippen molar-refractivity contribution in [3.63, 3.8) is 0 Å². The third-order valence-electron chi connectivity index (χ3n) is 4.38. The van der Waals surface area contributed by atoms with Gasteiger partial charge in [0.05, 0.1) is 12.3 Å². The Bertz CT molecular complexity index is 1100. The van der Waals surface area contributed by atoms with Gasteiger partial charge in [0.25, 0.3) is 0 Å². The Morgan fingerprint density at radius 1 is 1.04 bits per heavy atom. The lowest BCUT2D eigenvalue weighted by Gasteiger charge is -2.10. The summed E-state index contributed by atoms with van der Waals surface area (Å²) in [7, 11) is 0. The van der Waals surface area contributed by atoms with Gasteiger partial charge >= 0.3 is 5.97 Å². The molecule has 0 N–H and O–H groups in total. The van der Waals surface area contributed by atoms with E-state index in [1.165, 1.54) is 5.56 Å². The second-order valence-corrected chi connectivity index (χ2v) is 6.27. The van der Waals surface area contributed by atoms with Crippen LogP contribution in [0.4, 0.5) is 0 Å². The average molecular weight is 357 g/mol. The predicted molar refractivity (Wildman–Crippen MR) is 105 cm³/mol. The zero-order valence-electron chi connectivity index (χ0n) is 15.2. The maximum atomic E-state index is 12.7. The fraction of sp³-hybridized carbons (Fsp3) is 0.136. The van der Waals surface area contributed by atoms with Crippen molar-refractivity contribution in [3.8, 4) is 22.4 Å². The minimum atomic E-state index is -0.415. The first-order chi connectivity index (χ1) is 13.2. The number of esters is 1. The van der Waals surface area contributed by atoms with Gasteiger partial charge in [0.2, 0.25) is 0 Å². The number of nitrogens with zero attached hydrogens (tertiary/aromatic N) is 3. The van der Waals surface area contributed by atoms with E-state index in [1.807, 2.05) is 67.6 Å². The van der Waals surface area contributed by atoms with Crippen molar-refractivity contribution in [1.29, 1.82) is 0 Å². The highest BCUT2D eigenvalue weighted by molar-refractivity contribution is 5.96. The third-order valence-corrected chi connectivity index (χ3v) is 4.38. The van der Waals surface area contributed by atoms with Crippen LogP contribution in [-0.4, -0.2) is 27.2 Å². The van der Waals surface area contributed by atoms with Crippen LogP contribution in [0.25, 0.3) is 28.0 Å². The highest BCUT2D eigenvalue weighted by Gasteiger charge is 2.21. The van der Waals surface area contributed by atoms with Crippen LogP contribution in [-0.2, 0) is 4.74 Å². The Labute approximate surface area is 157 Å². The number of aromatic nitrogens is 3. The number of hydrogen-bond donors (Lipinski definition) is 0. The van der Waals surface area contributed by atoms with Crippen LogP contribution in [0, 0.1) is 6.92 Å². The first-order valence-electron chi connectivity index (χ1n) is 8.85. The standard InChI is InChI=1S/C22H19N3O2/c1-3-27-22(26)21-18(16-7-5-4-6-8-16)14-23-20-13-19(24-25(20)21)17-11-9-15(2)10-12-17/h4-14H,3H2,1-2H3. The van der Waals surface area contributed by atoms with E-state index in [1.54, 1.807) is 17.6 Å². The number of hydrogen-bond acceptors (Lipinski definition) is 4. The predicted octanol–water partition coefficient (Wildman–Crippen LogP) is 4.55. The fourth-order valence-corrected chi connectivity index (χ4v) is 3.02. The van der Waals surface area contributed by atoms with E-state index in [0.29, 0.717) is 23.5 Å². The molecule has 5 nitrogen and oxygen atoms in total. The number of ether oxygens (including phenoxy) is 1. The van der Waals surface area contributed by atoms with Crippen LogP contribution in [0.1, 0.15) is 23.0 Å². The highest BCUT2D eigenvalue weighted by atomic mass is 16.5. The van der Waals surface area contributed by atoms with Crippen molar-refractivity contribution in [2.45, 2.75) is 13.8 Å². The summed E-state index contributed by atoms with van der Waals surface area (Å²) in [5.74, 6) is -0.415. The topological polar surface area (TPSA) is 56.5 Å². The van der Waals surface area contributed by atoms with Gasteiger partial charge in [-0.1, -0.05) is 60.2 Å². The van der Waals surface area contributed by atoms with E-state index in [0.717, 1.165) is 16.8 Å². The monoisotopic (exact) mass is 357 g/mol. The molecule has 0 bridgehead atoms. The van der Waals surface area contributed by atoms with Crippen LogP contribution in [0.15, 0.2) is 66.9 Å². The molecule has 0 spiro atoms. The summed E-state index contributed by atoms with van der Waals surface area (Å²) in [6, 6.07) is 19.6. The minimum absolute atomic E-state index is 0.295. The molecule has 2 aromatic heterocycles. The van der Waals surface area contributed by atoms with Crippen molar-refractivity contribution in [3.05, 3.63) is 78.1 Å². The normalized spacial score (nSPS) is 10.9. The largest absolute Gasteiger partial charge is 0.461 e. The Kier molecular flexibility index (Phi) is 4.42. The fourth-order valence-electron chi connectivity index (χ4n) is 3.02. The van der Waals surface area contributed by atoms with Crippen molar-refractivity contribution in [1.82, 2.24) is 14.6 Å². The molecule has 0 atom stereocenters. The number of carbonyl (C=O) groups excluding carboxylic acids is 1. The second kappa shape index (κ2) is 7.03. The van der Waals surface area contributed by atoms with Crippen molar-refractivity contribution >= 4 is 11.6 Å². The molecule has 0 amide bonds. The molecule has 2 aromatic carbocycles. The van der Waals surface area contributed by atoms with E-state index >= 15 is 0 Å². The molecular formula is C22H19N3O2. The van der Waals surface area contributed by atoms with Crippen LogP contribution < -0.4 is 0 Å². The molecule has 4 rings (SSSR count). The first kappa shape index (κ1) is 17.0. The van der Waals surface area contributed by atoms with E-state index in [9.17, 15) is 4.79 Å². The summed E-state index contributed by atoms with van der Waals surface area (Å²) in [6.07, 6.45) is 1.71. The van der Waals surface area contributed by atoms with E-state index in [2.05, 4.69) is 10.1 Å². The van der Waals surface area contributed by atoms with Gasteiger partial charge < -0.3 is 4.74 Å². The first-order valence-corrected chi connectivity index (χ1v) is 8.85. The van der Waals surface area contributed by atoms with Gasteiger partial charge in [0.1, 0.15) is 0 Å². The molecule has 0 aliphatic heterocycles.